The van der Waals surface area contributed by atoms with Gasteiger partial charge in [-0.3, -0.25) is 10.1 Å². The normalized spacial score (nSPS) is 22.2. The van der Waals surface area contributed by atoms with E-state index in [0.717, 1.165) is 0 Å². The van der Waals surface area contributed by atoms with Crippen LogP contribution < -0.4 is 5.32 Å². The zero-order chi connectivity index (χ0) is 14.0. The zero-order valence-corrected chi connectivity index (χ0v) is 10.6. The van der Waals surface area contributed by atoms with Crippen molar-refractivity contribution in [2.75, 3.05) is 5.32 Å². The number of anilines is 1. The number of aromatic nitrogens is 3. The lowest BCUT2D eigenvalue weighted by Crippen LogP contribution is -2.30. The van der Waals surface area contributed by atoms with Crippen molar-refractivity contribution in [3.8, 4) is 0 Å². The third kappa shape index (κ3) is 3.02. The summed E-state index contributed by atoms with van der Waals surface area (Å²) in [7, 11) is 0. The Labute approximate surface area is 109 Å². The molecule has 19 heavy (non-hydrogen) atoms. The Morgan fingerprint density at radius 1 is 1.21 bits per heavy atom. The number of hydrogen-bond donors (Lipinski definition) is 2. The fraction of sp³-hybridized carbons (Fsp3) is 0.545. The number of nitrogens with one attached hydrogen (secondary N) is 1. The molecule has 1 fully saturated rings. The molecule has 1 aromatic heterocycles. The van der Waals surface area contributed by atoms with E-state index in [4.69, 9.17) is 9.84 Å². The van der Waals surface area contributed by atoms with Crippen molar-refractivity contribution in [3.63, 3.8) is 0 Å². The van der Waals surface area contributed by atoms with E-state index in [-0.39, 0.29) is 5.95 Å². The lowest BCUT2D eigenvalue weighted by atomic mass is 10.2. The van der Waals surface area contributed by atoms with E-state index >= 15 is 0 Å². The summed E-state index contributed by atoms with van der Waals surface area (Å²) < 4.78 is 5.12. The fourth-order valence-corrected chi connectivity index (χ4v) is 1.71. The molecule has 2 heterocycles. The van der Waals surface area contributed by atoms with Gasteiger partial charge in [0.05, 0.1) is 11.4 Å². The molecule has 0 bridgehead atoms. The molecule has 2 N–H and O–H groups in total. The first-order valence-corrected chi connectivity index (χ1v) is 5.84. The van der Waals surface area contributed by atoms with Gasteiger partial charge >= 0.3 is 5.97 Å². The van der Waals surface area contributed by atoms with Crippen molar-refractivity contribution >= 4 is 17.8 Å². The highest BCUT2D eigenvalue weighted by molar-refractivity contribution is 5.93. The number of amides is 1. The van der Waals surface area contributed by atoms with E-state index in [1.54, 1.807) is 13.8 Å². The Kier molecular flexibility index (Phi) is 3.70. The molecule has 0 radical (unpaired) electrons. The quantitative estimate of drug-likeness (QED) is 0.794. The summed E-state index contributed by atoms with van der Waals surface area (Å²) in [6.45, 7) is 3.52. The summed E-state index contributed by atoms with van der Waals surface area (Å²) in [5, 5.41) is 18.8. The van der Waals surface area contributed by atoms with Crippen LogP contribution in [0.5, 0.6) is 0 Å². The molecular formula is C11H14N4O4. The van der Waals surface area contributed by atoms with Crippen LogP contribution in [-0.4, -0.2) is 44.4 Å². The van der Waals surface area contributed by atoms with Crippen LogP contribution in [0.1, 0.15) is 24.2 Å². The predicted octanol–water partition coefficient (Wildman–Crippen LogP) is 0.0591. The summed E-state index contributed by atoms with van der Waals surface area (Å²) in [6.07, 6.45) is -1.03. The van der Waals surface area contributed by atoms with Crippen LogP contribution in [0.3, 0.4) is 0 Å². The molecule has 0 unspecified atom stereocenters. The number of carbonyl (C=O) groups excluding carboxylic acids is 1. The van der Waals surface area contributed by atoms with Crippen LogP contribution >= 0.6 is 0 Å². The van der Waals surface area contributed by atoms with Gasteiger partial charge < -0.3 is 9.84 Å². The Hall–Kier alpha value is -2.09. The second-order valence-electron chi connectivity index (χ2n) is 4.32. The van der Waals surface area contributed by atoms with Gasteiger partial charge in [0.2, 0.25) is 5.95 Å². The monoisotopic (exact) mass is 266 g/mol. The molecule has 1 aliphatic rings. The number of carboxylic acids is 1. The molecule has 2 atom stereocenters. The third-order valence-electron chi connectivity index (χ3n) is 2.91. The summed E-state index contributed by atoms with van der Waals surface area (Å²) in [6, 6.07) is 0. The Morgan fingerprint density at radius 2 is 1.89 bits per heavy atom. The molecule has 0 aromatic carbocycles. The number of carbonyl (C=O) groups is 2. The van der Waals surface area contributed by atoms with E-state index in [0.29, 0.717) is 24.2 Å². The smallest absolute Gasteiger partial charge is 0.332 e. The molecule has 8 nitrogen and oxygen atoms in total. The molecule has 2 rings (SSSR count). The average molecular weight is 266 g/mol. The molecule has 1 amide bonds. The summed E-state index contributed by atoms with van der Waals surface area (Å²) >= 11 is 0. The second-order valence-corrected chi connectivity index (χ2v) is 4.32. The van der Waals surface area contributed by atoms with E-state index in [1.807, 2.05) is 0 Å². The SMILES string of the molecule is Cc1nnc(NC(=O)[C@@H]2CC[C@H](C(=O)O)O2)nc1C. The van der Waals surface area contributed by atoms with Crippen LogP contribution in [0.15, 0.2) is 0 Å². The predicted molar refractivity (Wildman–Crippen MR) is 63.5 cm³/mol. The highest BCUT2D eigenvalue weighted by atomic mass is 16.5. The van der Waals surface area contributed by atoms with E-state index in [2.05, 4.69) is 20.5 Å². The molecule has 1 aromatic rings. The van der Waals surface area contributed by atoms with Crippen molar-refractivity contribution < 1.29 is 19.4 Å². The fourth-order valence-electron chi connectivity index (χ4n) is 1.71. The topological polar surface area (TPSA) is 114 Å². The molecule has 1 aliphatic heterocycles. The number of carboxylic acid groups (broad SMARTS) is 1. The highest BCUT2D eigenvalue weighted by Gasteiger charge is 2.35. The Morgan fingerprint density at radius 3 is 2.47 bits per heavy atom. The van der Waals surface area contributed by atoms with Crippen molar-refractivity contribution in [2.24, 2.45) is 0 Å². The highest BCUT2D eigenvalue weighted by Crippen LogP contribution is 2.20. The van der Waals surface area contributed by atoms with E-state index < -0.39 is 24.1 Å². The van der Waals surface area contributed by atoms with Crippen LogP contribution in [0.25, 0.3) is 0 Å². The number of aliphatic carboxylic acids is 1. The Balaban J connectivity index is 1.98. The molecule has 8 heteroatoms. The minimum atomic E-state index is -1.06. The lowest BCUT2D eigenvalue weighted by Gasteiger charge is -2.10. The van der Waals surface area contributed by atoms with Crippen LogP contribution in [0.4, 0.5) is 5.95 Å². The number of hydrogen-bond acceptors (Lipinski definition) is 6. The van der Waals surface area contributed by atoms with Gasteiger partial charge in [-0.15, -0.1) is 5.10 Å². The molecule has 1 saturated heterocycles. The number of rotatable bonds is 3. The van der Waals surface area contributed by atoms with Gasteiger partial charge in [0.1, 0.15) is 6.10 Å². The van der Waals surface area contributed by atoms with Gasteiger partial charge in [0.15, 0.2) is 6.10 Å². The maximum Gasteiger partial charge on any atom is 0.332 e. The van der Waals surface area contributed by atoms with Crippen molar-refractivity contribution in [2.45, 2.75) is 38.9 Å². The lowest BCUT2D eigenvalue weighted by molar-refractivity contribution is -0.150. The van der Waals surface area contributed by atoms with Gasteiger partial charge in [-0.25, -0.2) is 9.78 Å². The summed E-state index contributed by atoms with van der Waals surface area (Å²) in [5.41, 5.74) is 1.35. The summed E-state index contributed by atoms with van der Waals surface area (Å²) in [5.74, 6) is -1.41. The van der Waals surface area contributed by atoms with Crippen molar-refractivity contribution in [3.05, 3.63) is 11.4 Å². The maximum absolute atomic E-state index is 11.8. The third-order valence-corrected chi connectivity index (χ3v) is 2.91. The molecule has 0 aliphatic carbocycles. The van der Waals surface area contributed by atoms with Crippen LogP contribution in [0, 0.1) is 13.8 Å². The first-order chi connectivity index (χ1) is 8.97. The van der Waals surface area contributed by atoms with Crippen LogP contribution in [-0.2, 0) is 14.3 Å². The molecular weight excluding hydrogens is 252 g/mol. The van der Waals surface area contributed by atoms with Gasteiger partial charge in [-0.1, -0.05) is 0 Å². The average Bonchev–Trinajstić information content (AvgIpc) is 2.83. The van der Waals surface area contributed by atoms with Gasteiger partial charge in [0, 0.05) is 0 Å². The Bertz CT molecular complexity index is 519. The minimum absolute atomic E-state index is 0.0930. The number of aryl methyl sites for hydroxylation is 2. The van der Waals surface area contributed by atoms with Crippen LogP contribution in [0.2, 0.25) is 0 Å². The largest absolute Gasteiger partial charge is 0.479 e. The zero-order valence-electron chi connectivity index (χ0n) is 10.6. The van der Waals surface area contributed by atoms with E-state index in [1.165, 1.54) is 0 Å². The number of ether oxygens (including phenoxy) is 1. The standard InChI is InChI=1S/C11H14N4O4/c1-5-6(2)14-15-11(12-5)13-9(16)7-3-4-8(19-7)10(17)18/h7-8H,3-4H2,1-2H3,(H,17,18)(H,12,13,15,16)/t7-,8+/m0/s1. The minimum Gasteiger partial charge on any atom is -0.479 e. The van der Waals surface area contributed by atoms with Crippen molar-refractivity contribution in [1.82, 2.24) is 15.2 Å². The molecule has 0 saturated carbocycles. The van der Waals surface area contributed by atoms with Gasteiger partial charge in [-0.2, -0.15) is 5.10 Å². The second kappa shape index (κ2) is 5.27. The summed E-state index contributed by atoms with van der Waals surface area (Å²) in [4.78, 5) is 26.6. The maximum atomic E-state index is 11.8. The first-order valence-electron chi connectivity index (χ1n) is 5.84. The molecule has 0 spiro atoms. The van der Waals surface area contributed by atoms with Gasteiger partial charge in [-0.05, 0) is 26.7 Å². The van der Waals surface area contributed by atoms with Gasteiger partial charge in [0.25, 0.3) is 5.91 Å². The van der Waals surface area contributed by atoms with E-state index in [9.17, 15) is 9.59 Å². The molecule has 102 valence electrons. The van der Waals surface area contributed by atoms with Crippen molar-refractivity contribution in [1.29, 1.82) is 0 Å². The first kappa shape index (κ1) is 13.3. The number of nitrogens with zero attached hydrogens (tertiary/aromatic N) is 3.